The van der Waals surface area contributed by atoms with Crippen molar-refractivity contribution in [2.45, 2.75) is 43.1 Å². The Hall–Kier alpha value is -1.53. The van der Waals surface area contributed by atoms with Crippen molar-refractivity contribution in [2.24, 2.45) is 0 Å². The summed E-state index contributed by atoms with van der Waals surface area (Å²) in [5, 5.41) is 7.44. The van der Waals surface area contributed by atoms with Crippen LogP contribution in [-0.4, -0.2) is 26.0 Å². The lowest BCUT2D eigenvalue weighted by atomic mass is 9.80. The van der Waals surface area contributed by atoms with Crippen molar-refractivity contribution in [2.75, 3.05) is 30.4 Å². The molecule has 8 heteroatoms. The molecule has 4 nitrogen and oxygen atoms in total. The molecule has 31 heavy (non-hydrogen) atoms. The highest BCUT2D eigenvalue weighted by molar-refractivity contribution is 6.42. The van der Waals surface area contributed by atoms with Crippen molar-refractivity contribution in [3.8, 4) is 0 Å². The number of benzene rings is 2. The Kier molecular flexibility index (Phi) is 5.93. The minimum absolute atomic E-state index is 0. The van der Waals surface area contributed by atoms with Crippen molar-refractivity contribution in [1.82, 2.24) is 5.32 Å². The fourth-order valence-corrected chi connectivity index (χ4v) is 6.11. The SMILES string of the molecule is CN1C(=O)C2(CCCC2)c2ccc(NC3(c4c(F)ccc(Cl)c4Cl)CCNC3)cc21.Cl. The number of fused-ring (bicyclic) bond motifs is 2. The van der Waals surface area contributed by atoms with Gasteiger partial charge in [-0.15, -0.1) is 12.4 Å². The molecular formula is C23H25Cl3FN3O. The Labute approximate surface area is 197 Å². The van der Waals surface area contributed by atoms with Crippen LogP contribution in [0.1, 0.15) is 43.2 Å². The number of anilines is 2. The van der Waals surface area contributed by atoms with Gasteiger partial charge in [0, 0.05) is 30.5 Å². The van der Waals surface area contributed by atoms with E-state index in [-0.39, 0.29) is 34.6 Å². The molecule has 1 saturated carbocycles. The van der Waals surface area contributed by atoms with Gasteiger partial charge in [0.05, 0.1) is 21.0 Å². The molecule has 1 amide bonds. The third kappa shape index (κ3) is 3.32. The van der Waals surface area contributed by atoms with Crippen LogP contribution < -0.4 is 15.5 Å². The summed E-state index contributed by atoms with van der Waals surface area (Å²) in [6.07, 6.45) is 4.65. The maximum absolute atomic E-state index is 14.9. The summed E-state index contributed by atoms with van der Waals surface area (Å²) in [5.41, 5.74) is 2.19. The van der Waals surface area contributed by atoms with Crippen LogP contribution in [-0.2, 0) is 15.7 Å². The summed E-state index contributed by atoms with van der Waals surface area (Å²) >= 11 is 12.7. The van der Waals surface area contributed by atoms with E-state index in [2.05, 4.69) is 16.7 Å². The van der Waals surface area contributed by atoms with E-state index in [1.807, 2.05) is 19.2 Å². The number of rotatable bonds is 3. The smallest absolute Gasteiger partial charge is 0.237 e. The first-order chi connectivity index (χ1) is 14.4. The standard InChI is InChI=1S/C23H24Cl2FN3O.ClH/c1-29-18-12-14(4-5-15(18)22(21(29)30)8-2-3-9-22)28-23(10-11-27-13-23)19-17(26)7-6-16(24)20(19)25;/h4-7,12,27-28H,2-3,8-11,13H2,1H3;1H. The first-order valence-electron chi connectivity index (χ1n) is 10.4. The Balaban J connectivity index is 0.00000231. The molecule has 1 spiro atoms. The van der Waals surface area contributed by atoms with Crippen LogP contribution in [0.4, 0.5) is 15.8 Å². The van der Waals surface area contributed by atoms with E-state index in [1.165, 1.54) is 12.1 Å². The van der Waals surface area contributed by atoms with Crippen LogP contribution in [0.25, 0.3) is 0 Å². The Morgan fingerprint density at radius 3 is 2.55 bits per heavy atom. The zero-order valence-electron chi connectivity index (χ0n) is 17.2. The molecule has 2 aromatic rings. The maximum Gasteiger partial charge on any atom is 0.237 e. The third-order valence-electron chi connectivity index (χ3n) is 7.11. The van der Waals surface area contributed by atoms with Crippen molar-refractivity contribution >= 4 is 52.9 Å². The summed E-state index contributed by atoms with van der Waals surface area (Å²) in [7, 11) is 1.85. The van der Waals surface area contributed by atoms with Crippen LogP contribution in [0.5, 0.6) is 0 Å². The van der Waals surface area contributed by atoms with Gasteiger partial charge < -0.3 is 15.5 Å². The van der Waals surface area contributed by atoms with E-state index in [1.54, 1.807) is 4.90 Å². The molecule has 1 unspecified atom stereocenters. The fraction of sp³-hybridized carbons (Fsp3) is 0.435. The highest BCUT2D eigenvalue weighted by Crippen LogP contribution is 2.52. The molecule has 0 radical (unpaired) electrons. The molecule has 1 saturated heterocycles. The monoisotopic (exact) mass is 483 g/mol. The van der Waals surface area contributed by atoms with E-state index in [0.717, 1.165) is 49.2 Å². The van der Waals surface area contributed by atoms with Gasteiger partial charge in [-0.05, 0) is 55.6 Å². The molecule has 3 aliphatic rings. The Morgan fingerprint density at radius 1 is 1.13 bits per heavy atom. The number of carbonyl (C=O) groups is 1. The van der Waals surface area contributed by atoms with Crippen molar-refractivity contribution in [3.05, 3.63) is 57.3 Å². The molecule has 2 fully saturated rings. The molecule has 0 aromatic heterocycles. The second-order valence-electron chi connectivity index (χ2n) is 8.74. The molecule has 2 N–H and O–H groups in total. The van der Waals surface area contributed by atoms with Crippen LogP contribution in [0.2, 0.25) is 10.0 Å². The molecule has 2 aromatic carbocycles. The Morgan fingerprint density at radius 2 is 1.87 bits per heavy atom. The quantitative estimate of drug-likeness (QED) is 0.554. The minimum Gasteiger partial charge on any atom is -0.374 e. The fourth-order valence-electron chi connectivity index (χ4n) is 5.62. The molecule has 2 heterocycles. The van der Waals surface area contributed by atoms with Gasteiger partial charge in [0.25, 0.3) is 0 Å². The van der Waals surface area contributed by atoms with E-state index < -0.39 is 5.54 Å². The topological polar surface area (TPSA) is 44.4 Å². The molecule has 166 valence electrons. The van der Waals surface area contributed by atoms with Crippen LogP contribution in [0.15, 0.2) is 30.3 Å². The van der Waals surface area contributed by atoms with Crippen molar-refractivity contribution in [3.63, 3.8) is 0 Å². The summed E-state index contributed by atoms with van der Waals surface area (Å²) in [6.45, 7) is 1.27. The van der Waals surface area contributed by atoms with Gasteiger partial charge in [-0.1, -0.05) is 42.1 Å². The second-order valence-corrected chi connectivity index (χ2v) is 9.52. The average Bonchev–Trinajstić information content (AvgIpc) is 3.44. The van der Waals surface area contributed by atoms with Crippen LogP contribution in [0.3, 0.4) is 0 Å². The lowest BCUT2D eigenvalue weighted by molar-refractivity contribution is -0.122. The number of nitrogens with zero attached hydrogens (tertiary/aromatic N) is 1. The zero-order valence-corrected chi connectivity index (χ0v) is 19.6. The molecule has 0 bridgehead atoms. The van der Waals surface area contributed by atoms with Gasteiger partial charge in [0.15, 0.2) is 0 Å². The predicted octanol–water partition coefficient (Wildman–Crippen LogP) is 5.64. The highest BCUT2D eigenvalue weighted by Gasteiger charge is 2.51. The van der Waals surface area contributed by atoms with E-state index in [0.29, 0.717) is 23.6 Å². The normalized spacial score (nSPS) is 23.9. The molecular weight excluding hydrogens is 460 g/mol. The molecule has 1 aliphatic carbocycles. The van der Waals surface area contributed by atoms with Gasteiger partial charge in [0.1, 0.15) is 5.82 Å². The number of halogens is 4. The number of amides is 1. The van der Waals surface area contributed by atoms with Crippen molar-refractivity contribution < 1.29 is 9.18 Å². The third-order valence-corrected chi connectivity index (χ3v) is 7.91. The first kappa shape index (κ1) is 22.7. The van der Waals surface area contributed by atoms with Crippen LogP contribution >= 0.6 is 35.6 Å². The van der Waals surface area contributed by atoms with Gasteiger partial charge in [-0.2, -0.15) is 0 Å². The summed E-state index contributed by atoms with van der Waals surface area (Å²) in [4.78, 5) is 14.8. The molecule has 5 rings (SSSR count). The van der Waals surface area contributed by atoms with Crippen LogP contribution in [0, 0.1) is 5.82 Å². The van der Waals surface area contributed by atoms with Gasteiger partial charge >= 0.3 is 0 Å². The number of hydrogen-bond acceptors (Lipinski definition) is 3. The van der Waals surface area contributed by atoms with E-state index in [9.17, 15) is 9.18 Å². The lowest BCUT2D eigenvalue weighted by Crippen LogP contribution is -2.39. The zero-order chi connectivity index (χ0) is 21.1. The lowest BCUT2D eigenvalue weighted by Gasteiger charge is -2.33. The average molecular weight is 485 g/mol. The molecule has 1 atom stereocenters. The number of carbonyl (C=O) groups excluding carboxylic acids is 1. The van der Waals surface area contributed by atoms with E-state index >= 15 is 0 Å². The summed E-state index contributed by atoms with van der Waals surface area (Å²) in [5.74, 6) is -0.188. The number of nitrogens with one attached hydrogen (secondary N) is 2. The van der Waals surface area contributed by atoms with Crippen molar-refractivity contribution in [1.29, 1.82) is 0 Å². The minimum atomic E-state index is -0.716. The summed E-state index contributed by atoms with van der Waals surface area (Å²) < 4.78 is 14.9. The van der Waals surface area contributed by atoms with Gasteiger partial charge in [-0.25, -0.2) is 4.39 Å². The number of hydrogen-bond donors (Lipinski definition) is 2. The molecule has 2 aliphatic heterocycles. The van der Waals surface area contributed by atoms with E-state index in [4.69, 9.17) is 23.2 Å². The first-order valence-corrected chi connectivity index (χ1v) is 11.2. The highest BCUT2D eigenvalue weighted by atomic mass is 35.5. The van der Waals surface area contributed by atoms with Gasteiger partial charge in [0.2, 0.25) is 5.91 Å². The maximum atomic E-state index is 14.9. The Bertz CT molecular complexity index is 1030. The summed E-state index contributed by atoms with van der Waals surface area (Å²) in [6, 6.07) is 8.93. The predicted molar refractivity (Wildman–Crippen MR) is 126 cm³/mol. The largest absolute Gasteiger partial charge is 0.374 e. The second kappa shape index (κ2) is 8.11. The number of likely N-dealkylation sites (N-methyl/N-ethyl adjacent to an activating group) is 1. The van der Waals surface area contributed by atoms with Gasteiger partial charge in [-0.3, -0.25) is 4.79 Å².